The Hall–Kier alpha value is -1.91. The molecule has 5 nitrogen and oxygen atoms in total. The van der Waals surface area contributed by atoms with Gasteiger partial charge in [0, 0.05) is 12.7 Å². The van der Waals surface area contributed by atoms with Crippen LogP contribution in [0.2, 0.25) is 0 Å². The molecule has 2 heterocycles. The van der Waals surface area contributed by atoms with E-state index in [-0.39, 0.29) is 11.9 Å². The highest BCUT2D eigenvalue weighted by molar-refractivity contribution is 5.85. The number of carbonyl (C=O) groups excluding carboxylic acids is 1. The average Bonchev–Trinajstić information content (AvgIpc) is 2.81. The highest BCUT2D eigenvalue weighted by atomic mass is 16.2. The van der Waals surface area contributed by atoms with Gasteiger partial charge < -0.3 is 11.1 Å². The zero-order valence-electron chi connectivity index (χ0n) is 8.89. The van der Waals surface area contributed by atoms with Crippen molar-refractivity contribution in [1.29, 1.82) is 0 Å². The Balaban J connectivity index is 1.85. The number of nitrogens with two attached hydrogens (primary N) is 1. The van der Waals surface area contributed by atoms with Crippen molar-refractivity contribution in [1.82, 2.24) is 10.3 Å². The molecule has 84 valence electrons. The molecule has 0 fully saturated rings. The first-order valence-corrected chi connectivity index (χ1v) is 5.25. The standard InChI is InChI=1S/C11H14N4O/c12-10-4-3-8(6-14-10)7-15-11(16)9-2-1-5-13-9/h3-6,9H,1-2,7H2,(H2,12,14)(H,15,16). The van der Waals surface area contributed by atoms with Crippen molar-refractivity contribution in [2.75, 3.05) is 5.73 Å². The van der Waals surface area contributed by atoms with Gasteiger partial charge in [-0.1, -0.05) is 6.07 Å². The summed E-state index contributed by atoms with van der Waals surface area (Å²) < 4.78 is 0. The van der Waals surface area contributed by atoms with Gasteiger partial charge in [0.05, 0.1) is 0 Å². The fourth-order valence-corrected chi connectivity index (χ4v) is 1.55. The lowest BCUT2D eigenvalue weighted by atomic mass is 10.2. The van der Waals surface area contributed by atoms with Crippen LogP contribution in [0.25, 0.3) is 0 Å². The van der Waals surface area contributed by atoms with Crippen LogP contribution in [-0.4, -0.2) is 23.1 Å². The second-order valence-corrected chi connectivity index (χ2v) is 3.73. The first kappa shape index (κ1) is 10.6. The quantitative estimate of drug-likeness (QED) is 0.775. The number of aliphatic imine (C=N–C) groups is 1. The molecule has 1 aromatic heterocycles. The molecule has 3 N–H and O–H groups in total. The Morgan fingerprint density at radius 3 is 3.06 bits per heavy atom. The summed E-state index contributed by atoms with van der Waals surface area (Å²) in [5.74, 6) is 0.459. The maximum atomic E-state index is 11.6. The van der Waals surface area contributed by atoms with Gasteiger partial charge in [0.15, 0.2) is 0 Å². The van der Waals surface area contributed by atoms with E-state index in [9.17, 15) is 4.79 Å². The van der Waals surface area contributed by atoms with E-state index in [4.69, 9.17) is 5.73 Å². The third-order valence-corrected chi connectivity index (χ3v) is 2.47. The second kappa shape index (κ2) is 4.74. The number of nitrogen functional groups attached to an aromatic ring is 1. The largest absolute Gasteiger partial charge is 0.384 e. The van der Waals surface area contributed by atoms with Crippen molar-refractivity contribution in [3.05, 3.63) is 23.9 Å². The van der Waals surface area contributed by atoms with Gasteiger partial charge in [-0.3, -0.25) is 9.79 Å². The number of hydrogen-bond acceptors (Lipinski definition) is 4. The summed E-state index contributed by atoms with van der Waals surface area (Å²) in [5.41, 5.74) is 6.40. The van der Waals surface area contributed by atoms with Crippen LogP contribution in [0.15, 0.2) is 23.3 Å². The predicted octanol–water partition coefficient (Wildman–Crippen LogP) is 0.513. The molecule has 0 bridgehead atoms. The molecule has 1 aliphatic rings. The molecule has 0 aromatic carbocycles. The number of anilines is 1. The van der Waals surface area contributed by atoms with Gasteiger partial charge in [-0.25, -0.2) is 4.98 Å². The number of carbonyl (C=O) groups is 1. The smallest absolute Gasteiger partial charge is 0.245 e. The summed E-state index contributed by atoms with van der Waals surface area (Å²) in [4.78, 5) is 19.7. The highest BCUT2D eigenvalue weighted by Gasteiger charge is 2.18. The van der Waals surface area contributed by atoms with Crippen LogP contribution in [0.3, 0.4) is 0 Å². The van der Waals surface area contributed by atoms with Crippen LogP contribution in [0.5, 0.6) is 0 Å². The highest BCUT2D eigenvalue weighted by Crippen LogP contribution is 2.08. The lowest BCUT2D eigenvalue weighted by molar-refractivity contribution is -0.122. The summed E-state index contributed by atoms with van der Waals surface area (Å²) in [7, 11) is 0. The van der Waals surface area contributed by atoms with Crippen LogP contribution < -0.4 is 11.1 Å². The molecule has 1 atom stereocenters. The Bertz CT molecular complexity index is 399. The molecular formula is C11H14N4O. The Morgan fingerprint density at radius 1 is 1.56 bits per heavy atom. The molecule has 0 spiro atoms. The van der Waals surface area contributed by atoms with Gasteiger partial charge in [-0.05, 0) is 30.7 Å². The number of nitrogens with zero attached hydrogens (tertiary/aromatic N) is 2. The van der Waals surface area contributed by atoms with Crippen LogP contribution in [0.1, 0.15) is 18.4 Å². The monoisotopic (exact) mass is 218 g/mol. The van der Waals surface area contributed by atoms with Crippen LogP contribution in [0.4, 0.5) is 5.82 Å². The minimum atomic E-state index is -0.207. The first-order chi connectivity index (χ1) is 7.75. The first-order valence-electron chi connectivity index (χ1n) is 5.25. The van der Waals surface area contributed by atoms with E-state index in [0.717, 1.165) is 18.4 Å². The fourth-order valence-electron chi connectivity index (χ4n) is 1.55. The molecule has 5 heteroatoms. The van der Waals surface area contributed by atoms with Crippen molar-refractivity contribution in [2.24, 2.45) is 4.99 Å². The summed E-state index contributed by atoms with van der Waals surface area (Å²) in [6.45, 7) is 0.470. The van der Waals surface area contributed by atoms with Crippen molar-refractivity contribution in [3.8, 4) is 0 Å². The molecule has 0 aliphatic carbocycles. The molecule has 16 heavy (non-hydrogen) atoms. The number of rotatable bonds is 3. The number of amides is 1. The Labute approximate surface area is 93.8 Å². The molecular weight excluding hydrogens is 204 g/mol. The predicted molar refractivity (Wildman–Crippen MR) is 62.0 cm³/mol. The second-order valence-electron chi connectivity index (χ2n) is 3.73. The van der Waals surface area contributed by atoms with E-state index in [1.807, 2.05) is 6.07 Å². The van der Waals surface area contributed by atoms with Gasteiger partial charge in [-0.2, -0.15) is 0 Å². The molecule has 1 aromatic rings. The summed E-state index contributed by atoms with van der Waals surface area (Å²) in [6, 6.07) is 3.36. The minimum absolute atomic E-state index is 0.0226. The van der Waals surface area contributed by atoms with Gasteiger partial charge in [0.2, 0.25) is 5.91 Å². The number of aromatic nitrogens is 1. The molecule has 2 rings (SSSR count). The van der Waals surface area contributed by atoms with E-state index < -0.39 is 0 Å². The van der Waals surface area contributed by atoms with Crippen molar-refractivity contribution in [3.63, 3.8) is 0 Å². The Morgan fingerprint density at radius 2 is 2.44 bits per heavy atom. The third kappa shape index (κ3) is 2.56. The van der Waals surface area contributed by atoms with E-state index in [1.54, 1.807) is 18.5 Å². The molecule has 0 saturated heterocycles. The van der Waals surface area contributed by atoms with Crippen molar-refractivity contribution < 1.29 is 4.79 Å². The molecule has 0 saturated carbocycles. The summed E-state index contributed by atoms with van der Waals surface area (Å²) >= 11 is 0. The van der Waals surface area contributed by atoms with E-state index in [0.29, 0.717) is 12.4 Å². The van der Waals surface area contributed by atoms with E-state index in [1.165, 1.54) is 0 Å². The SMILES string of the molecule is Nc1ccc(CNC(=O)C2CCC=N2)cn1. The molecule has 1 aliphatic heterocycles. The van der Waals surface area contributed by atoms with E-state index in [2.05, 4.69) is 15.3 Å². The Kier molecular flexibility index (Phi) is 3.14. The zero-order valence-corrected chi connectivity index (χ0v) is 8.89. The van der Waals surface area contributed by atoms with Gasteiger partial charge >= 0.3 is 0 Å². The van der Waals surface area contributed by atoms with Gasteiger partial charge in [0.1, 0.15) is 11.9 Å². The summed E-state index contributed by atoms with van der Waals surface area (Å²) in [5, 5.41) is 2.83. The average molecular weight is 218 g/mol. The summed E-state index contributed by atoms with van der Waals surface area (Å²) in [6.07, 6.45) is 5.16. The molecule has 1 amide bonds. The van der Waals surface area contributed by atoms with Crippen LogP contribution >= 0.6 is 0 Å². The number of pyridine rings is 1. The molecule has 1 unspecified atom stereocenters. The van der Waals surface area contributed by atoms with E-state index >= 15 is 0 Å². The van der Waals surface area contributed by atoms with Crippen LogP contribution in [-0.2, 0) is 11.3 Å². The maximum absolute atomic E-state index is 11.6. The topological polar surface area (TPSA) is 80.4 Å². The van der Waals surface area contributed by atoms with Gasteiger partial charge in [-0.15, -0.1) is 0 Å². The molecule has 0 radical (unpaired) electrons. The number of hydrogen-bond donors (Lipinski definition) is 2. The third-order valence-electron chi connectivity index (χ3n) is 2.47. The lowest BCUT2D eigenvalue weighted by Crippen LogP contribution is -2.31. The van der Waals surface area contributed by atoms with Crippen molar-refractivity contribution in [2.45, 2.75) is 25.4 Å². The fraction of sp³-hybridized carbons (Fsp3) is 0.364. The van der Waals surface area contributed by atoms with Gasteiger partial charge in [0.25, 0.3) is 0 Å². The lowest BCUT2D eigenvalue weighted by Gasteiger charge is -2.08. The van der Waals surface area contributed by atoms with Crippen LogP contribution in [0, 0.1) is 0 Å². The van der Waals surface area contributed by atoms with Crippen molar-refractivity contribution >= 4 is 17.9 Å². The maximum Gasteiger partial charge on any atom is 0.245 e. The minimum Gasteiger partial charge on any atom is -0.384 e. The number of nitrogens with one attached hydrogen (secondary N) is 1. The normalized spacial score (nSPS) is 18.6. The zero-order chi connectivity index (χ0) is 11.4.